The van der Waals surface area contributed by atoms with Crippen molar-refractivity contribution in [3.63, 3.8) is 0 Å². The highest BCUT2D eigenvalue weighted by Crippen LogP contribution is 2.44. The fourth-order valence-electron chi connectivity index (χ4n) is 2.92. The van der Waals surface area contributed by atoms with E-state index < -0.39 is 18.4 Å². The molecule has 6 nitrogen and oxygen atoms in total. The van der Waals surface area contributed by atoms with Gasteiger partial charge in [0.05, 0.1) is 37.3 Å². The summed E-state index contributed by atoms with van der Waals surface area (Å²) in [4.78, 5) is 39.9. The summed E-state index contributed by atoms with van der Waals surface area (Å²) in [5.74, 6) is -1.80. The van der Waals surface area contributed by atoms with Crippen LogP contribution in [0.25, 0.3) is 0 Å². The van der Waals surface area contributed by atoms with E-state index in [0.29, 0.717) is 19.5 Å². The number of hydrogen-bond acceptors (Lipinski definition) is 4. The zero-order valence-corrected chi connectivity index (χ0v) is 16.0. The van der Waals surface area contributed by atoms with Crippen molar-refractivity contribution in [2.24, 2.45) is 0 Å². The normalized spacial score (nSPS) is 19.8. The molecule has 0 saturated carbocycles. The molecule has 1 atom stereocenters. The highest BCUT2D eigenvalue weighted by molar-refractivity contribution is 6.55. The van der Waals surface area contributed by atoms with Gasteiger partial charge in [-0.1, -0.05) is 46.4 Å². The highest BCUT2D eigenvalue weighted by atomic mass is 35.5. The van der Waals surface area contributed by atoms with Gasteiger partial charge in [0.1, 0.15) is 6.54 Å². The fraction of sp³-hybridized carbons (Fsp3) is 0.400. The van der Waals surface area contributed by atoms with E-state index in [1.165, 1.54) is 0 Å². The lowest BCUT2D eigenvalue weighted by molar-refractivity contribution is -0.130. The first kappa shape index (κ1) is 18.7. The van der Waals surface area contributed by atoms with Crippen LogP contribution in [-0.4, -0.2) is 60.4 Å². The van der Waals surface area contributed by atoms with Gasteiger partial charge in [-0.2, -0.15) is 0 Å². The molecule has 1 saturated heterocycles. The van der Waals surface area contributed by atoms with Gasteiger partial charge >= 0.3 is 0 Å². The van der Waals surface area contributed by atoms with Crippen molar-refractivity contribution in [1.82, 2.24) is 9.80 Å². The smallest absolute Gasteiger partial charge is 0.263 e. The SMILES string of the molecule is COC1CCN(C(=O)CN2C(=O)c3c(Cl)c(Cl)c(Cl)c(Cl)c3C2=O)C1. The Labute approximate surface area is 163 Å². The number of halogens is 4. The van der Waals surface area contributed by atoms with Crippen molar-refractivity contribution in [2.75, 3.05) is 26.7 Å². The van der Waals surface area contributed by atoms with Crippen LogP contribution < -0.4 is 0 Å². The molecule has 1 unspecified atom stereocenters. The molecule has 134 valence electrons. The van der Waals surface area contributed by atoms with Crippen LogP contribution in [-0.2, 0) is 9.53 Å². The predicted octanol–water partition coefficient (Wildman–Crippen LogP) is 3.14. The van der Waals surface area contributed by atoms with E-state index in [-0.39, 0.29) is 43.2 Å². The maximum Gasteiger partial charge on any atom is 0.263 e. The molecular weight excluding hydrogens is 414 g/mol. The second-order valence-corrected chi connectivity index (χ2v) is 7.20. The predicted molar refractivity (Wildman–Crippen MR) is 93.8 cm³/mol. The van der Waals surface area contributed by atoms with Gasteiger partial charge in [0.15, 0.2) is 0 Å². The minimum absolute atomic E-state index is 0.0485. The number of fused-ring (bicyclic) bond motifs is 1. The molecular formula is C15H12Cl4N2O4. The van der Waals surface area contributed by atoms with E-state index >= 15 is 0 Å². The molecule has 1 fully saturated rings. The molecule has 3 amide bonds. The number of likely N-dealkylation sites (tertiary alicyclic amines) is 1. The molecule has 0 spiro atoms. The van der Waals surface area contributed by atoms with Gasteiger partial charge < -0.3 is 9.64 Å². The third-order valence-electron chi connectivity index (χ3n) is 4.31. The van der Waals surface area contributed by atoms with Crippen molar-refractivity contribution in [1.29, 1.82) is 0 Å². The number of imide groups is 1. The van der Waals surface area contributed by atoms with Crippen molar-refractivity contribution in [2.45, 2.75) is 12.5 Å². The molecule has 0 bridgehead atoms. The molecule has 10 heteroatoms. The third-order valence-corrected chi connectivity index (χ3v) is 6.11. The molecule has 1 aromatic rings. The summed E-state index contributed by atoms with van der Waals surface area (Å²) in [6.45, 7) is 0.502. The van der Waals surface area contributed by atoms with E-state index in [2.05, 4.69) is 0 Å². The fourth-order valence-corrected chi connectivity index (χ4v) is 3.94. The minimum Gasteiger partial charge on any atom is -0.380 e. The van der Waals surface area contributed by atoms with Crippen LogP contribution in [0.1, 0.15) is 27.1 Å². The largest absolute Gasteiger partial charge is 0.380 e. The Morgan fingerprint density at radius 2 is 1.56 bits per heavy atom. The number of hydrogen-bond donors (Lipinski definition) is 0. The van der Waals surface area contributed by atoms with Gasteiger partial charge in [-0.3, -0.25) is 19.3 Å². The standard InChI is InChI=1S/C15H12Cl4N2O4/c1-25-6-2-3-20(4-6)7(22)5-21-14(23)8-9(15(21)24)11(17)13(19)12(18)10(8)16/h6H,2-5H2,1H3. The van der Waals surface area contributed by atoms with Crippen molar-refractivity contribution >= 4 is 64.1 Å². The van der Waals surface area contributed by atoms with E-state index in [1.807, 2.05) is 0 Å². The summed E-state index contributed by atoms with van der Waals surface area (Å²) in [6, 6.07) is 0. The van der Waals surface area contributed by atoms with Gasteiger partial charge in [-0.05, 0) is 6.42 Å². The molecule has 3 rings (SSSR count). The molecule has 2 aliphatic heterocycles. The Morgan fingerprint density at radius 3 is 2.00 bits per heavy atom. The second kappa shape index (κ2) is 6.93. The summed E-state index contributed by atoms with van der Waals surface area (Å²) >= 11 is 24.0. The average Bonchev–Trinajstić information content (AvgIpc) is 3.16. The molecule has 0 aromatic heterocycles. The zero-order chi connectivity index (χ0) is 18.5. The summed E-state index contributed by atoms with van der Waals surface area (Å²) in [5, 5.41) is -0.521. The van der Waals surface area contributed by atoms with Crippen molar-refractivity contribution in [3.05, 3.63) is 31.2 Å². The number of ether oxygens (including phenoxy) is 1. The average molecular weight is 426 g/mol. The Morgan fingerprint density at radius 1 is 1.04 bits per heavy atom. The number of benzene rings is 1. The van der Waals surface area contributed by atoms with Gasteiger partial charge in [-0.15, -0.1) is 0 Å². The van der Waals surface area contributed by atoms with Crippen LogP contribution in [0.2, 0.25) is 20.1 Å². The molecule has 0 radical (unpaired) electrons. The number of methoxy groups -OCH3 is 1. The maximum absolute atomic E-state index is 12.6. The summed E-state index contributed by atoms with van der Waals surface area (Å²) in [6.07, 6.45) is 0.653. The van der Waals surface area contributed by atoms with Crippen LogP contribution in [0.5, 0.6) is 0 Å². The lowest BCUT2D eigenvalue weighted by Gasteiger charge is -2.20. The van der Waals surface area contributed by atoms with Gasteiger partial charge in [0.25, 0.3) is 11.8 Å². The quantitative estimate of drug-likeness (QED) is 0.423. The Hall–Kier alpha value is -1.05. The first-order valence-electron chi connectivity index (χ1n) is 7.30. The zero-order valence-electron chi connectivity index (χ0n) is 12.9. The Bertz CT molecular complexity index is 751. The Kier molecular flexibility index (Phi) is 5.19. The lowest BCUT2D eigenvalue weighted by atomic mass is 10.1. The van der Waals surface area contributed by atoms with Gasteiger partial charge in [-0.25, -0.2) is 0 Å². The summed E-state index contributed by atoms with van der Waals surface area (Å²) in [7, 11) is 1.57. The van der Waals surface area contributed by atoms with Crippen LogP contribution in [0.3, 0.4) is 0 Å². The highest BCUT2D eigenvalue weighted by Gasteiger charge is 2.43. The number of carbonyl (C=O) groups excluding carboxylic acids is 3. The van der Waals surface area contributed by atoms with Crippen LogP contribution >= 0.6 is 46.4 Å². The molecule has 2 aliphatic rings. The molecule has 2 heterocycles. The van der Waals surface area contributed by atoms with Crippen molar-refractivity contribution in [3.8, 4) is 0 Å². The van der Waals surface area contributed by atoms with Crippen molar-refractivity contribution < 1.29 is 19.1 Å². The number of amides is 3. The monoisotopic (exact) mass is 424 g/mol. The van der Waals surface area contributed by atoms with Crippen LogP contribution in [0, 0.1) is 0 Å². The van der Waals surface area contributed by atoms with Gasteiger partial charge in [0.2, 0.25) is 5.91 Å². The summed E-state index contributed by atoms with van der Waals surface area (Å²) < 4.78 is 5.21. The maximum atomic E-state index is 12.6. The minimum atomic E-state index is -0.721. The Balaban J connectivity index is 1.87. The number of carbonyl (C=O) groups is 3. The molecule has 0 aliphatic carbocycles. The first-order valence-corrected chi connectivity index (χ1v) is 8.81. The van der Waals surface area contributed by atoms with E-state index in [1.54, 1.807) is 12.0 Å². The second-order valence-electron chi connectivity index (χ2n) is 5.69. The first-order chi connectivity index (χ1) is 11.8. The van der Waals surface area contributed by atoms with Crippen LogP contribution in [0.15, 0.2) is 0 Å². The summed E-state index contributed by atoms with van der Waals surface area (Å²) in [5.41, 5.74) is -0.259. The van der Waals surface area contributed by atoms with Crippen LogP contribution in [0.4, 0.5) is 0 Å². The van der Waals surface area contributed by atoms with E-state index in [4.69, 9.17) is 51.1 Å². The van der Waals surface area contributed by atoms with E-state index in [9.17, 15) is 14.4 Å². The number of rotatable bonds is 3. The topological polar surface area (TPSA) is 66.9 Å². The number of nitrogens with zero attached hydrogens (tertiary/aromatic N) is 2. The third kappa shape index (κ3) is 3.00. The lowest BCUT2D eigenvalue weighted by Crippen LogP contribution is -2.42. The molecule has 25 heavy (non-hydrogen) atoms. The molecule has 0 N–H and O–H groups in total. The molecule has 1 aromatic carbocycles. The van der Waals surface area contributed by atoms with E-state index in [0.717, 1.165) is 4.90 Å². The van der Waals surface area contributed by atoms with Gasteiger partial charge in [0, 0.05) is 20.2 Å².